The predicted molar refractivity (Wildman–Crippen MR) is 126 cm³/mol. The standard InChI is InChI=1S/C25H24N6O/c32-21-4-2-11-30(15-21)20-8-6-19(7-9-20)28-24-25-26-10-12-31(25)16-23(29-24)18-13-17-3-1-5-22(17)27-14-18/h1,5-10,12-14,16,21,32H,2-4,11,15H2,(H,28,29)/t21-/m1/s1. The van der Waals surface area contributed by atoms with E-state index in [0.717, 1.165) is 59.8 Å². The third-order valence-corrected chi connectivity index (χ3v) is 6.18. The van der Waals surface area contributed by atoms with Crippen molar-refractivity contribution in [3.8, 4) is 11.3 Å². The molecule has 1 atom stereocenters. The lowest BCUT2D eigenvalue weighted by atomic mass is 10.1. The number of aliphatic hydroxyl groups excluding tert-OH is 1. The van der Waals surface area contributed by atoms with Gasteiger partial charge < -0.3 is 19.7 Å². The highest BCUT2D eigenvalue weighted by Gasteiger charge is 2.18. The van der Waals surface area contributed by atoms with Gasteiger partial charge in [-0.05, 0) is 61.2 Å². The number of anilines is 3. The maximum Gasteiger partial charge on any atom is 0.180 e. The summed E-state index contributed by atoms with van der Waals surface area (Å²) in [6.07, 6.45) is 14.3. The zero-order chi connectivity index (χ0) is 21.5. The van der Waals surface area contributed by atoms with Gasteiger partial charge in [0.05, 0.1) is 17.5 Å². The number of rotatable bonds is 4. The number of nitrogens with zero attached hydrogens (tertiary/aromatic N) is 5. The first-order chi connectivity index (χ1) is 15.7. The van der Waals surface area contributed by atoms with Crippen molar-refractivity contribution in [1.29, 1.82) is 0 Å². The van der Waals surface area contributed by atoms with E-state index < -0.39 is 0 Å². The fraction of sp³-hybridized carbons (Fsp3) is 0.240. The zero-order valence-corrected chi connectivity index (χ0v) is 17.6. The number of nitrogens with one attached hydrogen (secondary N) is 1. The molecule has 2 aliphatic rings. The Balaban J connectivity index is 1.30. The topological polar surface area (TPSA) is 78.6 Å². The number of hydrogen-bond donors (Lipinski definition) is 2. The molecule has 32 heavy (non-hydrogen) atoms. The summed E-state index contributed by atoms with van der Waals surface area (Å²) < 4.78 is 1.99. The molecule has 1 aliphatic carbocycles. The number of aliphatic hydroxyl groups is 1. The first-order valence-corrected chi connectivity index (χ1v) is 11.0. The van der Waals surface area contributed by atoms with Crippen LogP contribution in [0.4, 0.5) is 17.2 Å². The highest BCUT2D eigenvalue weighted by molar-refractivity contribution is 5.75. The van der Waals surface area contributed by atoms with Crippen LogP contribution in [-0.2, 0) is 6.42 Å². The molecule has 0 unspecified atom stereocenters. The molecule has 0 bridgehead atoms. The largest absolute Gasteiger partial charge is 0.391 e. The number of β-amino-alcohol motifs (C(OH)–C–C–N with tert-alkyl or cyclic N) is 1. The number of hydrogen-bond acceptors (Lipinski definition) is 6. The minimum absolute atomic E-state index is 0.244. The molecule has 0 saturated carbocycles. The predicted octanol–water partition coefficient (Wildman–Crippen LogP) is 4.07. The highest BCUT2D eigenvalue weighted by Crippen LogP contribution is 2.28. The summed E-state index contributed by atoms with van der Waals surface area (Å²) in [6, 6.07) is 10.4. The first-order valence-electron chi connectivity index (χ1n) is 11.0. The van der Waals surface area contributed by atoms with Gasteiger partial charge >= 0.3 is 0 Å². The van der Waals surface area contributed by atoms with Crippen LogP contribution in [0.15, 0.2) is 61.2 Å². The quantitative estimate of drug-likeness (QED) is 0.514. The molecule has 1 aliphatic heterocycles. The van der Waals surface area contributed by atoms with Crippen LogP contribution >= 0.6 is 0 Å². The van der Waals surface area contributed by atoms with E-state index in [4.69, 9.17) is 4.98 Å². The molecule has 0 spiro atoms. The zero-order valence-electron chi connectivity index (χ0n) is 17.6. The van der Waals surface area contributed by atoms with Crippen LogP contribution in [0.2, 0.25) is 0 Å². The number of fused-ring (bicyclic) bond motifs is 2. The van der Waals surface area contributed by atoms with E-state index in [0.29, 0.717) is 12.4 Å². The van der Waals surface area contributed by atoms with Crippen molar-refractivity contribution in [2.75, 3.05) is 23.3 Å². The van der Waals surface area contributed by atoms with Gasteiger partial charge in [-0.3, -0.25) is 4.98 Å². The van der Waals surface area contributed by atoms with Gasteiger partial charge in [-0.25, -0.2) is 9.97 Å². The SMILES string of the molecule is O[C@@H]1CCCN(c2ccc(Nc3nc(-c4cnc5c(c4)CC=C5)cn4ccnc34)cc2)C1. The van der Waals surface area contributed by atoms with Crippen molar-refractivity contribution < 1.29 is 5.11 Å². The summed E-state index contributed by atoms with van der Waals surface area (Å²) in [6.45, 7) is 1.67. The molecule has 1 aromatic carbocycles. The van der Waals surface area contributed by atoms with E-state index in [2.05, 4.69) is 50.5 Å². The van der Waals surface area contributed by atoms with E-state index in [1.54, 1.807) is 6.20 Å². The summed E-state index contributed by atoms with van der Waals surface area (Å²) in [5, 5.41) is 13.4. The molecule has 160 valence electrons. The second-order valence-electron chi connectivity index (χ2n) is 8.42. The number of aromatic nitrogens is 4. The van der Waals surface area contributed by atoms with Gasteiger partial charge in [-0.2, -0.15) is 0 Å². The molecule has 1 saturated heterocycles. The van der Waals surface area contributed by atoms with Crippen LogP contribution in [0.3, 0.4) is 0 Å². The number of allylic oxidation sites excluding steroid dienone is 1. The van der Waals surface area contributed by atoms with Crippen LogP contribution in [0.1, 0.15) is 24.1 Å². The minimum atomic E-state index is -0.244. The lowest BCUT2D eigenvalue weighted by Gasteiger charge is -2.32. The Hall–Kier alpha value is -3.71. The Labute approximate surface area is 186 Å². The lowest BCUT2D eigenvalue weighted by molar-refractivity contribution is 0.154. The smallest absolute Gasteiger partial charge is 0.180 e. The third-order valence-electron chi connectivity index (χ3n) is 6.18. The van der Waals surface area contributed by atoms with E-state index in [1.165, 1.54) is 5.56 Å². The van der Waals surface area contributed by atoms with Gasteiger partial charge in [0.1, 0.15) is 0 Å². The average molecular weight is 425 g/mol. The number of imidazole rings is 1. The van der Waals surface area contributed by atoms with Crippen molar-refractivity contribution in [2.24, 2.45) is 0 Å². The number of benzene rings is 1. The van der Waals surface area contributed by atoms with Crippen LogP contribution in [0, 0.1) is 0 Å². The van der Waals surface area contributed by atoms with Gasteiger partial charge in [0.2, 0.25) is 0 Å². The second kappa shape index (κ2) is 7.76. The van der Waals surface area contributed by atoms with Crippen LogP contribution in [0.5, 0.6) is 0 Å². The molecule has 0 amide bonds. The summed E-state index contributed by atoms with van der Waals surface area (Å²) >= 11 is 0. The minimum Gasteiger partial charge on any atom is -0.391 e. The van der Waals surface area contributed by atoms with Gasteiger partial charge in [-0.1, -0.05) is 6.08 Å². The number of pyridine rings is 1. The van der Waals surface area contributed by atoms with Crippen LogP contribution in [0.25, 0.3) is 23.0 Å². The summed E-state index contributed by atoms with van der Waals surface area (Å²) in [5.74, 6) is 0.701. The molecule has 4 heterocycles. The molecular formula is C25H24N6O. The van der Waals surface area contributed by atoms with E-state index in [9.17, 15) is 5.11 Å². The molecule has 7 heteroatoms. The second-order valence-corrected chi connectivity index (χ2v) is 8.42. The lowest BCUT2D eigenvalue weighted by Crippen LogP contribution is -2.38. The van der Waals surface area contributed by atoms with Gasteiger partial charge in [0.15, 0.2) is 11.5 Å². The monoisotopic (exact) mass is 424 g/mol. The summed E-state index contributed by atoms with van der Waals surface area (Å²) in [4.78, 5) is 16.2. The molecule has 1 fully saturated rings. The summed E-state index contributed by atoms with van der Waals surface area (Å²) in [5.41, 5.74) is 6.94. The van der Waals surface area contributed by atoms with Gasteiger partial charge in [0.25, 0.3) is 0 Å². The molecule has 3 aromatic heterocycles. The normalized spacial score (nSPS) is 17.7. The third kappa shape index (κ3) is 3.50. The van der Waals surface area contributed by atoms with Crippen molar-refractivity contribution in [3.05, 3.63) is 72.5 Å². The molecule has 6 rings (SSSR count). The molecule has 0 radical (unpaired) electrons. The summed E-state index contributed by atoms with van der Waals surface area (Å²) in [7, 11) is 0. The Morgan fingerprint density at radius 3 is 2.91 bits per heavy atom. The van der Waals surface area contributed by atoms with E-state index in [-0.39, 0.29) is 6.10 Å². The maximum atomic E-state index is 9.96. The Morgan fingerprint density at radius 1 is 1.12 bits per heavy atom. The van der Waals surface area contributed by atoms with Crippen molar-refractivity contribution >= 4 is 28.9 Å². The Morgan fingerprint density at radius 2 is 2.03 bits per heavy atom. The fourth-order valence-electron chi connectivity index (χ4n) is 4.51. The Bertz CT molecular complexity index is 1310. The maximum absolute atomic E-state index is 9.96. The molecular weight excluding hydrogens is 400 g/mol. The van der Waals surface area contributed by atoms with Crippen molar-refractivity contribution in [3.63, 3.8) is 0 Å². The number of piperidine rings is 1. The van der Waals surface area contributed by atoms with E-state index >= 15 is 0 Å². The van der Waals surface area contributed by atoms with Crippen molar-refractivity contribution in [1.82, 2.24) is 19.4 Å². The molecule has 4 aromatic rings. The van der Waals surface area contributed by atoms with E-state index in [1.807, 2.05) is 35.1 Å². The van der Waals surface area contributed by atoms with Gasteiger partial charge in [-0.15, -0.1) is 0 Å². The van der Waals surface area contributed by atoms with Crippen molar-refractivity contribution in [2.45, 2.75) is 25.4 Å². The van der Waals surface area contributed by atoms with Crippen LogP contribution in [-0.4, -0.2) is 43.7 Å². The van der Waals surface area contributed by atoms with Gasteiger partial charge in [0, 0.05) is 54.8 Å². The Kier molecular flexibility index (Phi) is 4.61. The average Bonchev–Trinajstić information content (AvgIpc) is 3.48. The van der Waals surface area contributed by atoms with Crippen LogP contribution < -0.4 is 10.2 Å². The highest BCUT2D eigenvalue weighted by atomic mass is 16.3. The molecule has 2 N–H and O–H groups in total. The fourth-order valence-corrected chi connectivity index (χ4v) is 4.51. The first kappa shape index (κ1) is 19.0. The molecule has 7 nitrogen and oxygen atoms in total.